The van der Waals surface area contributed by atoms with E-state index < -0.39 is 6.10 Å². The molecule has 0 aliphatic carbocycles. The van der Waals surface area contributed by atoms with E-state index in [9.17, 15) is 9.90 Å². The van der Waals surface area contributed by atoms with Gasteiger partial charge < -0.3 is 14.7 Å². The van der Waals surface area contributed by atoms with Crippen molar-refractivity contribution in [2.75, 3.05) is 39.3 Å². The van der Waals surface area contributed by atoms with E-state index in [1.807, 2.05) is 96.8 Å². The first-order chi connectivity index (χ1) is 18.5. The Labute approximate surface area is 224 Å². The molecular formula is C32H35N3O3. The van der Waals surface area contributed by atoms with Crippen LogP contribution in [0.3, 0.4) is 0 Å². The lowest BCUT2D eigenvalue weighted by atomic mass is 9.90. The number of fused-ring (bicyclic) bond motifs is 1. The number of aromatic nitrogens is 1. The number of aliphatic hydroxyl groups is 1. The number of amides is 1. The lowest BCUT2D eigenvalue weighted by Gasteiger charge is -2.37. The van der Waals surface area contributed by atoms with Crippen LogP contribution in [-0.4, -0.2) is 71.2 Å². The third kappa shape index (κ3) is 5.87. The number of aliphatic hydroxyl groups excluding tert-OH is 1. The van der Waals surface area contributed by atoms with Crippen molar-refractivity contribution in [3.05, 3.63) is 107 Å². The highest BCUT2D eigenvalue weighted by atomic mass is 16.5. The molecule has 6 nitrogen and oxygen atoms in total. The van der Waals surface area contributed by atoms with Crippen LogP contribution in [0.2, 0.25) is 0 Å². The maximum Gasteiger partial charge on any atom is 0.234 e. The number of carbonyl (C=O) groups is 1. The molecule has 196 valence electrons. The summed E-state index contributed by atoms with van der Waals surface area (Å²) in [6, 6.07) is 27.9. The van der Waals surface area contributed by atoms with Gasteiger partial charge in [-0.05, 0) is 48.7 Å². The van der Waals surface area contributed by atoms with Crippen molar-refractivity contribution in [2.24, 2.45) is 0 Å². The van der Waals surface area contributed by atoms with Crippen molar-refractivity contribution >= 4 is 16.8 Å². The molecule has 0 spiro atoms. The average molecular weight is 510 g/mol. The molecule has 1 aromatic heterocycles. The molecule has 1 amide bonds. The Morgan fingerprint density at radius 1 is 0.895 bits per heavy atom. The quantitative estimate of drug-likeness (QED) is 0.377. The normalized spacial score (nSPS) is 15.1. The summed E-state index contributed by atoms with van der Waals surface area (Å²) >= 11 is 0. The van der Waals surface area contributed by atoms with Gasteiger partial charge >= 0.3 is 0 Å². The first-order valence-electron chi connectivity index (χ1n) is 13.3. The average Bonchev–Trinajstić information content (AvgIpc) is 2.93. The van der Waals surface area contributed by atoms with Gasteiger partial charge in [-0.2, -0.15) is 0 Å². The van der Waals surface area contributed by atoms with Crippen molar-refractivity contribution in [3.8, 4) is 5.75 Å². The summed E-state index contributed by atoms with van der Waals surface area (Å²) in [5.41, 5.74) is 5.01. The van der Waals surface area contributed by atoms with Gasteiger partial charge in [0.2, 0.25) is 5.91 Å². The highest BCUT2D eigenvalue weighted by Crippen LogP contribution is 2.29. The van der Waals surface area contributed by atoms with E-state index in [-0.39, 0.29) is 18.4 Å². The van der Waals surface area contributed by atoms with Gasteiger partial charge in [-0.3, -0.25) is 14.7 Å². The molecular weight excluding hydrogens is 474 g/mol. The van der Waals surface area contributed by atoms with Gasteiger partial charge in [0.05, 0.1) is 11.4 Å². The molecule has 1 N–H and O–H groups in total. The minimum atomic E-state index is -0.632. The summed E-state index contributed by atoms with van der Waals surface area (Å²) < 4.78 is 6.05. The van der Waals surface area contributed by atoms with Crippen molar-refractivity contribution in [2.45, 2.75) is 25.9 Å². The number of hydrogen-bond acceptors (Lipinski definition) is 5. The van der Waals surface area contributed by atoms with Crippen LogP contribution < -0.4 is 4.74 Å². The largest absolute Gasteiger partial charge is 0.490 e. The Bertz CT molecular complexity index is 1330. The van der Waals surface area contributed by atoms with E-state index in [1.54, 1.807) is 0 Å². The molecule has 0 radical (unpaired) electrons. The molecule has 5 rings (SSSR count). The second-order valence-corrected chi connectivity index (χ2v) is 10.1. The summed E-state index contributed by atoms with van der Waals surface area (Å²) in [5, 5.41) is 11.7. The van der Waals surface area contributed by atoms with Crippen molar-refractivity contribution < 1.29 is 14.6 Å². The summed E-state index contributed by atoms with van der Waals surface area (Å²) in [5.74, 6) is 0.557. The molecule has 1 fully saturated rings. The number of rotatable bonds is 8. The number of ether oxygens (including phenoxy) is 1. The number of piperazine rings is 1. The lowest BCUT2D eigenvalue weighted by Crippen LogP contribution is -2.52. The number of aryl methyl sites for hydroxylation is 2. The molecule has 2 heterocycles. The third-order valence-electron chi connectivity index (χ3n) is 7.22. The summed E-state index contributed by atoms with van der Waals surface area (Å²) in [6.07, 6.45) is -0.632. The Hall–Kier alpha value is -3.74. The summed E-state index contributed by atoms with van der Waals surface area (Å²) in [4.78, 5) is 22.4. The molecule has 0 saturated carbocycles. The predicted molar refractivity (Wildman–Crippen MR) is 150 cm³/mol. The van der Waals surface area contributed by atoms with E-state index in [1.165, 1.54) is 0 Å². The van der Waals surface area contributed by atoms with Crippen LogP contribution >= 0.6 is 0 Å². The number of hydrogen-bond donors (Lipinski definition) is 1. The van der Waals surface area contributed by atoms with E-state index in [0.29, 0.717) is 19.6 Å². The molecule has 1 aliphatic rings. The van der Waals surface area contributed by atoms with E-state index in [0.717, 1.165) is 52.1 Å². The van der Waals surface area contributed by atoms with Gasteiger partial charge in [-0.25, -0.2) is 0 Å². The van der Waals surface area contributed by atoms with Crippen molar-refractivity contribution in [1.29, 1.82) is 0 Å². The molecule has 1 aliphatic heterocycles. The van der Waals surface area contributed by atoms with Crippen molar-refractivity contribution in [3.63, 3.8) is 0 Å². The number of benzene rings is 3. The van der Waals surface area contributed by atoms with Gasteiger partial charge in [0.15, 0.2) is 0 Å². The predicted octanol–water partition coefficient (Wildman–Crippen LogP) is 4.57. The third-order valence-corrected chi connectivity index (χ3v) is 7.22. The minimum Gasteiger partial charge on any atom is -0.490 e. The number of carbonyl (C=O) groups excluding carboxylic acids is 1. The van der Waals surface area contributed by atoms with Crippen LogP contribution in [0, 0.1) is 13.8 Å². The van der Waals surface area contributed by atoms with Crippen LogP contribution in [0.5, 0.6) is 5.75 Å². The van der Waals surface area contributed by atoms with Gasteiger partial charge in [-0.1, -0.05) is 66.7 Å². The molecule has 1 saturated heterocycles. The second kappa shape index (κ2) is 11.8. The first-order valence-corrected chi connectivity index (χ1v) is 13.3. The van der Waals surface area contributed by atoms with E-state index in [4.69, 9.17) is 4.74 Å². The second-order valence-electron chi connectivity index (χ2n) is 10.1. The topological polar surface area (TPSA) is 65.9 Å². The SMILES string of the molecule is Cc1cc(C)c2c(OCC(O)CN3CCN(C(=O)C(c4ccccc4)c4ccccc4)CC3)cccc2n1. The zero-order valence-electron chi connectivity index (χ0n) is 22.1. The highest BCUT2D eigenvalue weighted by molar-refractivity contribution is 5.88. The van der Waals surface area contributed by atoms with Gasteiger partial charge in [-0.15, -0.1) is 0 Å². The minimum absolute atomic E-state index is 0.126. The Morgan fingerprint density at radius 2 is 1.53 bits per heavy atom. The number of β-amino-alcohol motifs (C(OH)–C–C–N with tert-alkyl or cyclic N) is 1. The van der Waals surface area contributed by atoms with Crippen LogP contribution in [-0.2, 0) is 4.79 Å². The molecule has 3 aromatic carbocycles. The van der Waals surface area contributed by atoms with Crippen LogP contribution in [0.4, 0.5) is 0 Å². The molecule has 38 heavy (non-hydrogen) atoms. The zero-order chi connectivity index (χ0) is 26.5. The van der Waals surface area contributed by atoms with E-state index >= 15 is 0 Å². The molecule has 1 atom stereocenters. The van der Waals surface area contributed by atoms with Gasteiger partial charge in [0.1, 0.15) is 18.5 Å². The summed E-state index contributed by atoms with van der Waals surface area (Å²) in [7, 11) is 0. The maximum absolute atomic E-state index is 13.7. The number of nitrogens with zero attached hydrogens (tertiary/aromatic N) is 3. The lowest BCUT2D eigenvalue weighted by molar-refractivity contribution is -0.133. The molecule has 6 heteroatoms. The number of pyridine rings is 1. The molecule has 0 bridgehead atoms. The smallest absolute Gasteiger partial charge is 0.234 e. The maximum atomic E-state index is 13.7. The molecule has 4 aromatic rings. The Morgan fingerprint density at radius 3 is 2.16 bits per heavy atom. The van der Waals surface area contributed by atoms with Crippen molar-refractivity contribution in [1.82, 2.24) is 14.8 Å². The van der Waals surface area contributed by atoms with E-state index in [2.05, 4.69) is 16.8 Å². The monoisotopic (exact) mass is 509 g/mol. The van der Waals surface area contributed by atoms with Crippen LogP contribution in [0.1, 0.15) is 28.3 Å². The fourth-order valence-electron chi connectivity index (χ4n) is 5.38. The van der Waals surface area contributed by atoms with Gasteiger partial charge in [0, 0.05) is 43.8 Å². The van der Waals surface area contributed by atoms with Gasteiger partial charge in [0.25, 0.3) is 0 Å². The fourth-order valence-corrected chi connectivity index (χ4v) is 5.38. The molecule has 1 unspecified atom stereocenters. The standard InChI is InChI=1S/C32H35N3O3/c1-23-20-24(2)33-28-14-9-15-29(30(23)28)38-22-27(36)21-34-16-18-35(19-17-34)32(37)31(25-10-5-3-6-11-25)26-12-7-4-8-13-26/h3-15,20,27,31,36H,16-19,21-22H2,1-2H3. The zero-order valence-corrected chi connectivity index (χ0v) is 22.1. The summed E-state index contributed by atoms with van der Waals surface area (Å²) in [6.45, 7) is 7.46. The van der Waals surface area contributed by atoms with Crippen LogP contribution in [0.25, 0.3) is 10.9 Å². The Balaban J connectivity index is 1.17. The first kappa shape index (κ1) is 25.9. The highest BCUT2D eigenvalue weighted by Gasteiger charge is 2.30. The fraction of sp³-hybridized carbons (Fsp3) is 0.312. The van der Waals surface area contributed by atoms with Crippen LogP contribution in [0.15, 0.2) is 84.9 Å². The Kier molecular flexibility index (Phi) is 8.01.